The van der Waals surface area contributed by atoms with Gasteiger partial charge in [0.15, 0.2) is 0 Å². The number of carboxylic acid groups (broad SMARTS) is 1. The Morgan fingerprint density at radius 2 is 1.95 bits per heavy atom. The highest BCUT2D eigenvalue weighted by molar-refractivity contribution is 6.33. The first-order valence-corrected chi connectivity index (χ1v) is 7.27. The Bertz CT molecular complexity index is 459. The van der Waals surface area contributed by atoms with Crippen molar-refractivity contribution in [1.29, 1.82) is 0 Å². The monoisotopic (exact) mass is 301 g/mol. The van der Waals surface area contributed by atoms with E-state index >= 15 is 0 Å². The summed E-state index contributed by atoms with van der Waals surface area (Å²) in [6.45, 7) is 0. The van der Waals surface area contributed by atoms with E-state index in [2.05, 4.69) is 5.32 Å². The zero-order valence-corrected chi connectivity index (χ0v) is 12.0. The molecule has 0 spiro atoms. The van der Waals surface area contributed by atoms with Gasteiger partial charge < -0.3 is 5.11 Å². The highest BCUT2D eigenvalue weighted by Gasteiger charge is 2.26. The van der Waals surface area contributed by atoms with Crippen molar-refractivity contribution >= 4 is 29.2 Å². The van der Waals surface area contributed by atoms with Crippen LogP contribution in [-0.4, -0.2) is 17.1 Å². The van der Waals surface area contributed by atoms with Gasteiger partial charge in [0.1, 0.15) is 6.04 Å². The van der Waals surface area contributed by atoms with Crippen molar-refractivity contribution in [2.45, 2.75) is 44.2 Å². The fourth-order valence-corrected chi connectivity index (χ4v) is 2.94. The topological polar surface area (TPSA) is 49.3 Å². The van der Waals surface area contributed by atoms with E-state index in [9.17, 15) is 9.90 Å². The van der Waals surface area contributed by atoms with Crippen molar-refractivity contribution in [2.75, 3.05) is 0 Å². The molecule has 0 amide bonds. The van der Waals surface area contributed by atoms with E-state index in [0.717, 1.165) is 25.7 Å². The minimum absolute atomic E-state index is 0.241. The molecule has 104 valence electrons. The van der Waals surface area contributed by atoms with E-state index in [1.165, 1.54) is 6.42 Å². The van der Waals surface area contributed by atoms with E-state index in [0.29, 0.717) is 15.6 Å². The number of benzene rings is 1. The quantitative estimate of drug-likeness (QED) is 0.882. The summed E-state index contributed by atoms with van der Waals surface area (Å²) < 4.78 is 0. The third-order valence-electron chi connectivity index (χ3n) is 3.52. The summed E-state index contributed by atoms with van der Waals surface area (Å²) in [5.41, 5.74) is 0.534. The molecule has 0 heterocycles. The van der Waals surface area contributed by atoms with Crippen LogP contribution in [0.4, 0.5) is 0 Å². The molecule has 0 saturated heterocycles. The molecule has 3 nitrogen and oxygen atoms in total. The lowest BCUT2D eigenvalue weighted by molar-refractivity contribution is -0.140. The molecule has 0 radical (unpaired) electrons. The zero-order chi connectivity index (χ0) is 13.8. The van der Waals surface area contributed by atoms with Gasteiger partial charge in [0, 0.05) is 21.7 Å². The van der Waals surface area contributed by atoms with Gasteiger partial charge in [-0.25, -0.2) is 0 Å². The standard InChI is InChI=1S/C14H17Cl2NO2/c15-9-6-7-12(16)11(8-9)13(14(18)19)17-10-4-2-1-3-5-10/h6-8,10,13,17H,1-5H2,(H,18,19). The fourth-order valence-electron chi connectivity index (χ4n) is 2.53. The van der Waals surface area contributed by atoms with Crippen LogP contribution in [0.1, 0.15) is 43.7 Å². The maximum Gasteiger partial charge on any atom is 0.325 e. The minimum Gasteiger partial charge on any atom is -0.480 e. The molecule has 1 atom stereocenters. The summed E-state index contributed by atoms with van der Waals surface area (Å²) in [4.78, 5) is 11.5. The third kappa shape index (κ3) is 3.85. The van der Waals surface area contributed by atoms with Crippen LogP contribution in [0.5, 0.6) is 0 Å². The Morgan fingerprint density at radius 3 is 2.58 bits per heavy atom. The van der Waals surface area contributed by atoms with Crippen molar-refractivity contribution in [2.24, 2.45) is 0 Å². The lowest BCUT2D eigenvalue weighted by Crippen LogP contribution is -2.38. The number of carbonyl (C=O) groups is 1. The predicted octanol–water partition coefficient (Wildman–Crippen LogP) is 4.04. The van der Waals surface area contributed by atoms with E-state index in [1.54, 1.807) is 18.2 Å². The molecule has 1 aromatic carbocycles. The molecular formula is C14H17Cl2NO2. The molecule has 0 aromatic heterocycles. The van der Waals surface area contributed by atoms with E-state index in [4.69, 9.17) is 23.2 Å². The lowest BCUT2D eigenvalue weighted by Gasteiger charge is -2.27. The van der Waals surface area contributed by atoms with Crippen LogP contribution in [0, 0.1) is 0 Å². The number of aliphatic carboxylic acids is 1. The molecule has 1 fully saturated rings. The minimum atomic E-state index is -0.922. The number of halogens is 2. The van der Waals surface area contributed by atoms with Gasteiger partial charge in [0.05, 0.1) is 0 Å². The average molecular weight is 302 g/mol. The van der Waals surface area contributed by atoms with Crippen LogP contribution < -0.4 is 5.32 Å². The van der Waals surface area contributed by atoms with Crippen molar-refractivity contribution in [1.82, 2.24) is 5.32 Å². The average Bonchev–Trinajstić information content (AvgIpc) is 2.40. The number of nitrogens with one attached hydrogen (secondary N) is 1. The molecule has 5 heteroatoms. The molecule has 19 heavy (non-hydrogen) atoms. The van der Waals surface area contributed by atoms with Gasteiger partial charge in [0.2, 0.25) is 0 Å². The maximum absolute atomic E-state index is 11.5. The molecule has 1 saturated carbocycles. The molecular weight excluding hydrogens is 285 g/mol. The highest BCUT2D eigenvalue weighted by Crippen LogP contribution is 2.28. The first kappa shape index (κ1) is 14.6. The summed E-state index contributed by atoms with van der Waals surface area (Å²) in [5.74, 6) is -0.922. The normalized spacial score (nSPS) is 18.2. The first-order chi connectivity index (χ1) is 9.08. The van der Waals surface area contributed by atoms with Crippen LogP contribution in [0.25, 0.3) is 0 Å². The molecule has 2 N–H and O–H groups in total. The zero-order valence-electron chi connectivity index (χ0n) is 10.5. The van der Waals surface area contributed by atoms with Crippen molar-refractivity contribution < 1.29 is 9.90 Å². The number of rotatable bonds is 4. The Hall–Kier alpha value is -0.770. The van der Waals surface area contributed by atoms with Crippen LogP contribution in [0.3, 0.4) is 0 Å². The third-order valence-corrected chi connectivity index (χ3v) is 4.10. The molecule has 2 rings (SSSR count). The van der Waals surface area contributed by atoms with Crippen molar-refractivity contribution in [3.8, 4) is 0 Å². The summed E-state index contributed by atoms with van der Waals surface area (Å²) in [7, 11) is 0. The van der Waals surface area contributed by atoms with E-state index in [-0.39, 0.29) is 6.04 Å². The first-order valence-electron chi connectivity index (χ1n) is 6.51. The number of hydrogen-bond donors (Lipinski definition) is 2. The van der Waals surface area contributed by atoms with Gasteiger partial charge >= 0.3 is 5.97 Å². The number of carboxylic acids is 1. The van der Waals surface area contributed by atoms with Crippen LogP contribution in [0.15, 0.2) is 18.2 Å². The van der Waals surface area contributed by atoms with Crippen LogP contribution in [0.2, 0.25) is 10.0 Å². The maximum atomic E-state index is 11.5. The second-order valence-corrected chi connectivity index (χ2v) is 5.78. The van der Waals surface area contributed by atoms with Crippen LogP contribution in [-0.2, 0) is 4.79 Å². The van der Waals surface area contributed by atoms with Gasteiger partial charge in [-0.2, -0.15) is 0 Å². The van der Waals surface area contributed by atoms with E-state index < -0.39 is 12.0 Å². The van der Waals surface area contributed by atoms with Gasteiger partial charge in [-0.15, -0.1) is 0 Å². The smallest absolute Gasteiger partial charge is 0.325 e. The molecule has 1 aliphatic carbocycles. The summed E-state index contributed by atoms with van der Waals surface area (Å²) in [6.07, 6.45) is 5.55. The summed E-state index contributed by atoms with van der Waals surface area (Å²) in [5, 5.41) is 13.5. The van der Waals surface area contributed by atoms with Gasteiger partial charge in [0.25, 0.3) is 0 Å². The number of hydrogen-bond acceptors (Lipinski definition) is 2. The molecule has 1 unspecified atom stereocenters. The molecule has 0 aliphatic heterocycles. The lowest BCUT2D eigenvalue weighted by atomic mass is 9.94. The molecule has 1 aromatic rings. The van der Waals surface area contributed by atoms with Gasteiger partial charge in [-0.1, -0.05) is 42.5 Å². The largest absolute Gasteiger partial charge is 0.480 e. The summed E-state index contributed by atoms with van der Waals surface area (Å²) >= 11 is 12.0. The SMILES string of the molecule is O=C(O)C(NC1CCCCC1)c1cc(Cl)ccc1Cl. The second kappa shape index (κ2) is 6.60. The predicted molar refractivity (Wildman–Crippen MR) is 76.8 cm³/mol. The fraction of sp³-hybridized carbons (Fsp3) is 0.500. The molecule has 0 bridgehead atoms. The van der Waals surface area contributed by atoms with Crippen molar-refractivity contribution in [3.63, 3.8) is 0 Å². The molecule has 1 aliphatic rings. The second-order valence-electron chi connectivity index (χ2n) is 4.94. The Balaban J connectivity index is 2.19. The Labute approximate surface area is 122 Å². The van der Waals surface area contributed by atoms with Crippen LogP contribution >= 0.6 is 23.2 Å². The van der Waals surface area contributed by atoms with Gasteiger partial charge in [-0.3, -0.25) is 10.1 Å². The van der Waals surface area contributed by atoms with E-state index in [1.807, 2.05) is 0 Å². The van der Waals surface area contributed by atoms with Crippen molar-refractivity contribution in [3.05, 3.63) is 33.8 Å². The highest BCUT2D eigenvalue weighted by atomic mass is 35.5. The van der Waals surface area contributed by atoms with Gasteiger partial charge in [-0.05, 0) is 31.0 Å². The summed E-state index contributed by atoms with van der Waals surface area (Å²) in [6, 6.07) is 4.36. The Morgan fingerprint density at radius 1 is 1.26 bits per heavy atom. The Kier molecular flexibility index (Phi) is 5.08.